The third kappa shape index (κ3) is 4.85. The molecular weight excluding hydrogens is 472 g/mol. The second-order valence-corrected chi connectivity index (χ2v) is 11.5. The maximum absolute atomic E-state index is 13.2. The van der Waals surface area contributed by atoms with Crippen LogP contribution in [0.3, 0.4) is 0 Å². The van der Waals surface area contributed by atoms with Crippen LogP contribution in [0.4, 0.5) is 5.82 Å². The fourth-order valence-electron chi connectivity index (χ4n) is 5.93. The number of fused-ring (bicyclic) bond motifs is 2. The molecule has 6 rings (SSSR count). The minimum absolute atomic E-state index is 0.239. The molecule has 9 nitrogen and oxygen atoms in total. The number of likely N-dealkylation sites (tertiary alicyclic amines) is 1. The molecule has 3 aromatic rings. The Kier molecular flexibility index (Phi) is 6.88. The molecule has 0 aromatic carbocycles. The summed E-state index contributed by atoms with van der Waals surface area (Å²) in [6.45, 7) is 7.57. The summed E-state index contributed by atoms with van der Waals surface area (Å²) in [5.41, 5.74) is 2.37. The van der Waals surface area contributed by atoms with Crippen molar-refractivity contribution in [3.8, 4) is 0 Å². The molecular formula is C26H36N8OS. The summed E-state index contributed by atoms with van der Waals surface area (Å²) in [7, 11) is 0. The quantitative estimate of drug-likeness (QED) is 0.485. The van der Waals surface area contributed by atoms with Gasteiger partial charge >= 0.3 is 0 Å². The molecule has 2 saturated heterocycles. The lowest BCUT2D eigenvalue weighted by molar-refractivity contribution is -0.133. The molecule has 1 amide bonds. The van der Waals surface area contributed by atoms with Crippen LogP contribution in [-0.2, 0) is 30.6 Å². The molecule has 0 bridgehead atoms. The van der Waals surface area contributed by atoms with Gasteiger partial charge in [-0.05, 0) is 57.6 Å². The van der Waals surface area contributed by atoms with E-state index in [1.165, 1.54) is 29.1 Å². The van der Waals surface area contributed by atoms with E-state index < -0.39 is 0 Å². The highest BCUT2D eigenvalue weighted by Crippen LogP contribution is 2.31. The van der Waals surface area contributed by atoms with Crippen LogP contribution in [0.5, 0.6) is 0 Å². The molecule has 3 aliphatic rings. The number of hydrogen-bond acceptors (Lipinski definition) is 8. The van der Waals surface area contributed by atoms with Crippen molar-refractivity contribution >= 4 is 33.3 Å². The van der Waals surface area contributed by atoms with Gasteiger partial charge in [-0.2, -0.15) is 15.0 Å². The molecule has 0 unspecified atom stereocenters. The van der Waals surface area contributed by atoms with Crippen LogP contribution in [0.1, 0.15) is 55.3 Å². The summed E-state index contributed by atoms with van der Waals surface area (Å²) < 4.78 is 0. The van der Waals surface area contributed by atoms with Gasteiger partial charge in [0.05, 0.1) is 29.9 Å². The van der Waals surface area contributed by atoms with E-state index in [0.717, 1.165) is 93.8 Å². The van der Waals surface area contributed by atoms with Crippen LogP contribution in [-0.4, -0.2) is 86.0 Å². The van der Waals surface area contributed by atoms with Crippen LogP contribution < -0.4 is 4.90 Å². The van der Waals surface area contributed by atoms with Crippen molar-refractivity contribution in [2.45, 2.75) is 70.9 Å². The highest BCUT2D eigenvalue weighted by Gasteiger charge is 2.31. The zero-order chi connectivity index (χ0) is 24.5. The Hall–Kier alpha value is -2.59. The first kappa shape index (κ1) is 23.8. The second-order valence-electron chi connectivity index (χ2n) is 10.4. The summed E-state index contributed by atoms with van der Waals surface area (Å²) in [4.78, 5) is 33.4. The Morgan fingerprint density at radius 1 is 1.03 bits per heavy atom. The number of anilines is 1. The Balaban J connectivity index is 1.05. The van der Waals surface area contributed by atoms with Crippen molar-refractivity contribution in [1.82, 2.24) is 34.8 Å². The summed E-state index contributed by atoms with van der Waals surface area (Å²) in [5, 5.41) is 10.7. The van der Waals surface area contributed by atoms with Crippen LogP contribution in [0.25, 0.3) is 10.2 Å². The summed E-state index contributed by atoms with van der Waals surface area (Å²) in [6.07, 6.45) is 10.7. The summed E-state index contributed by atoms with van der Waals surface area (Å²) in [5.74, 6) is 1.25. The molecule has 10 heteroatoms. The average Bonchev–Trinajstić information content (AvgIpc) is 3.62. The van der Waals surface area contributed by atoms with Gasteiger partial charge in [-0.1, -0.05) is 13.3 Å². The van der Waals surface area contributed by atoms with E-state index in [4.69, 9.17) is 10.2 Å². The Morgan fingerprint density at radius 3 is 2.56 bits per heavy atom. The average molecular weight is 509 g/mol. The number of nitrogens with zero attached hydrogens (tertiary/aromatic N) is 8. The molecule has 2 aliphatic heterocycles. The third-order valence-electron chi connectivity index (χ3n) is 7.88. The van der Waals surface area contributed by atoms with Crippen LogP contribution in [0.2, 0.25) is 0 Å². The SMILES string of the molecule is CCCc1cc2c(N3CCN(C(=O)CN4CCC[C@@H]4Cn4nc5c(n4)CCCC5)CC3)ncnc2s1. The maximum Gasteiger partial charge on any atom is 0.236 e. The molecule has 1 aliphatic carbocycles. The number of carbonyl (C=O) groups excluding carboxylic acids is 1. The molecule has 36 heavy (non-hydrogen) atoms. The predicted octanol–water partition coefficient (Wildman–Crippen LogP) is 2.93. The minimum Gasteiger partial charge on any atom is -0.352 e. The molecule has 0 N–H and O–H groups in total. The number of carbonyl (C=O) groups is 1. The van der Waals surface area contributed by atoms with E-state index in [2.05, 4.69) is 32.8 Å². The van der Waals surface area contributed by atoms with Gasteiger partial charge < -0.3 is 9.80 Å². The second kappa shape index (κ2) is 10.4. The maximum atomic E-state index is 13.2. The molecule has 0 radical (unpaired) electrons. The van der Waals surface area contributed by atoms with Gasteiger partial charge in [0, 0.05) is 37.1 Å². The van der Waals surface area contributed by atoms with Crippen molar-refractivity contribution in [2.24, 2.45) is 0 Å². The van der Waals surface area contributed by atoms with Crippen LogP contribution in [0.15, 0.2) is 12.4 Å². The van der Waals surface area contributed by atoms with Crippen LogP contribution >= 0.6 is 11.3 Å². The number of aryl methyl sites for hydroxylation is 3. The van der Waals surface area contributed by atoms with Crippen molar-refractivity contribution in [3.05, 3.63) is 28.7 Å². The van der Waals surface area contributed by atoms with Crippen LogP contribution in [0, 0.1) is 0 Å². The fourth-order valence-corrected chi connectivity index (χ4v) is 7.02. The number of amides is 1. The smallest absolute Gasteiger partial charge is 0.236 e. The largest absolute Gasteiger partial charge is 0.352 e. The Morgan fingerprint density at radius 2 is 1.81 bits per heavy atom. The normalized spacial score (nSPS) is 20.9. The Labute approximate surface area is 216 Å². The van der Waals surface area contributed by atoms with Gasteiger partial charge in [0.25, 0.3) is 0 Å². The fraction of sp³-hybridized carbons (Fsp3) is 0.654. The Bertz CT molecular complexity index is 1190. The number of thiophene rings is 1. The molecule has 192 valence electrons. The van der Waals surface area contributed by atoms with Gasteiger partial charge in [0.15, 0.2) is 0 Å². The highest BCUT2D eigenvalue weighted by atomic mass is 32.1. The van der Waals surface area contributed by atoms with Gasteiger partial charge in [-0.25, -0.2) is 9.97 Å². The van der Waals surface area contributed by atoms with E-state index in [0.29, 0.717) is 12.6 Å². The molecule has 3 aromatic heterocycles. The first-order chi connectivity index (χ1) is 17.7. The van der Waals surface area contributed by atoms with Crippen molar-refractivity contribution in [1.29, 1.82) is 0 Å². The minimum atomic E-state index is 0.239. The van der Waals surface area contributed by atoms with Crippen molar-refractivity contribution in [3.63, 3.8) is 0 Å². The molecule has 0 spiro atoms. The lowest BCUT2D eigenvalue weighted by atomic mass is 10.0. The van der Waals surface area contributed by atoms with E-state index in [-0.39, 0.29) is 5.91 Å². The van der Waals surface area contributed by atoms with Crippen molar-refractivity contribution in [2.75, 3.05) is 44.2 Å². The third-order valence-corrected chi connectivity index (χ3v) is 8.98. The number of piperazine rings is 1. The van der Waals surface area contributed by atoms with E-state index >= 15 is 0 Å². The molecule has 0 saturated carbocycles. The monoisotopic (exact) mass is 508 g/mol. The van der Waals surface area contributed by atoms with Gasteiger partial charge in [-0.15, -0.1) is 11.3 Å². The van der Waals surface area contributed by atoms with Crippen molar-refractivity contribution < 1.29 is 4.79 Å². The number of rotatable bonds is 7. The predicted molar refractivity (Wildman–Crippen MR) is 141 cm³/mol. The van der Waals surface area contributed by atoms with E-state index in [1.807, 2.05) is 9.70 Å². The summed E-state index contributed by atoms with van der Waals surface area (Å²) in [6, 6.07) is 2.60. The lowest BCUT2D eigenvalue weighted by Gasteiger charge is -2.36. The molecule has 5 heterocycles. The number of aromatic nitrogens is 5. The zero-order valence-electron chi connectivity index (χ0n) is 21.2. The standard InChI is InChI=1S/C26H36N8OS/c1-2-6-20-15-21-25(27-18-28-26(21)36-20)32-13-11-31(12-14-32)24(35)17-33-10-5-7-19(33)16-34-29-22-8-3-4-9-23(22)30-34/h15,18-19H,2-14,16-17H2,1H3/t19-/m1/s1. The van der Waals surface area contributed by atoms with Gasteiger partial charge in [0.1, 0.15) is 17.0 Å². The number of hydrogen-bond donors (Lipinski definition) is 0. The lowest BCUT2D eigenvalue weighted by Crippen LogP contribution is -2.52. The first-order valence-electron chi connectivity index (χ1n) is 13.6. The van der Waals surface area contributed by atoms with Gasteiger partial charge in [-0.3, -0.25) is 9.69 Å². The van der Waals surface area contributed by atoms with Gasteiger partial charge in [0.2, 0.25) is 5.91 Å². The zero-order valence-corrected chi connectivity index (χ0v) is 22.0. The highest BCUT2D eigenvalue weighted by molar-refractivity contribution is 7.18. The topological polar surface area (TPSA) is 83.3 Å². The molecule has 1 atom stereocenters. The van der Waals surface area contributed by atoms with E-state index in [1.54, 1.807) is 17.7 Å². The van der Waals surface area contributed by atoms with E-state index in [9.17, 15) is 4.79 Å². The molecule has 2 fully saturated rings. The summed E-state index contributed by atoms with van der Waals surface area (Å²) >= 11 is 1.77. The first-order valence-corrected chi connectivity index (χ1v) is 14.4.